The lowest BCUT2D eigenvalue weighted by molar-refractivity contribution is -0.145. The lowest BCUT2D eigenvalue weighted by Crippen LogP contribution is -2.51. The number of carbonyl (C=O) groups is 4. The predicted molar refractivity (Wildman–Crippen MR) is 117 cm³/mol. The Morgan fingerprint density at radius 3 is 1.97 bits per heavy atom. The third-order valence-corrected chi connectivity index (χ3v) is 7.08. The van der Waals surface area contributed by atoms with Crippen molar-refractivity contribution >= 4 is 29.3 Å². The van der Waals surface area contributed by atoms with E-state index < -0.39 is 41.6 Å². The van der Waals surface area contributed by atoms with Gasteiger partial charge in [-0.05, 0) is 30.5 Å². The minimum absolute atomic E-state index is 0.179. The molecule has 164 valence electrons. The molecule has 5 rings (SSSR count). The molecule has 0 aromatic heterocycles. The molecule has 32 heavy (non-hydrogen) atoms. The molecule has 4 atom stereocenters. The fourth-order valence-electron chi connectivity index (χ4n) is 5.72. The zero-order chi connectivity index (χ0) is 22.4. The van der Waals surface area contributed by atoms with Gasteiger partial charge in [-0.1, -0.05) is 61.4 Å². The summed E-state index contributed by atoms with van der Waals surface area (Å²) in [5.41, 5.74) is 6.99. The summed E-state index contributed by atoms with van der Waals surface area (Å²) in [6, 6.07) is 16.0. The number of rotatable bonds is 4. The fraction of sp³-hybridized carbons (Fsp3) is 0.360. The Morgan fingerprint density at radius 2 is 1.38 bits per heavy atom. The van der Waals surface area contributed by atoms with Crippen LogP contribution in [0.2, 0.25) is 0 Å². The van der Waals surface area contributed by atoms with Gasteiger partial charge in [-0.3, -0.25) is 19.2 Å². The van der Waals surface area contributed by atoms with Crippen LogP contribution in [-0.2, 0) is 19.2 Å². The summed E-state index contributed by atoms with van der Waals surface area (Å²) in [6.45, 7) is 0. The van der Waals surface area contributed by atoms with Gasteiger partial charge in [0, 0.05) is 5.92 Å². The van der Waals surface area contributed by atoms with Gasteiger partial charge in [0.2, 0.25) is 23.6 Å². The highest BCUT2D eigenvalue weighted by molar-refractivity contribution is 6.24. The third kappa shape index (κ3) is 3.03. The lowest BCUT2D eigenvalue weighted by atomic mass is 9.86. The van der Waals surface area contributed by atoms with Gasteiger partial charge >= 0.3 is 0 Å². The van der Waals surface area contributed by atoms with Gasteiger partial charge in [0.15, 0.2) is 0 Å². The average Bonchev–Trinajstić information content (AvgIpc) is 3.51. The molecule has 3 fully saturated rings. The Labute approximate surface area is 186 Å². The molecule has 0 spiro atoms. The number of anilines is 1. The molecule has 2 N–H and O–H groups in total. The van der Waals surface area contributed by atoms with Crippen molar-refractivity contribution in [3.8, 4) is 0 Å². The van der Waals surface area contributed by atoms with E-state index in [0.29, 0.717) is 5.69 Å². The maximum Gasteiger partial charge on any atom is 0.241 e. The molecule has 1 aliphatic carbocycles. The fourth-order valence-corrected chi connectivity index (χ4v) is 5.72. The molecule has 2 heterocycles. The van der Waals surface area contributed by atoms with Crippen LogP contribution >= 0.6 is 0 Å². The summed E-state index contributed by atoms with van der Waals surface area (Å²) in [4.78, 5) is 56.1. The number of benzene rings is 2. The molecule has 0 bridgehead atoms. The molecule has 7 nitrogen and oxygen atoms in total. The molecule has 0 radical (unpaired) electrons. The summed E-state index contributed by atoms with van der Waals surface area (Å²) in [7, 11) is 0. The third-order valence-electron chi connectivity index (χ3n) is 7.08. The highest BCUT2D eigenvalue weighted by atomic mass is 16.2. The number of para-hydroxylation sites is 1. The van der Waals surface area contributed by atoms with Crippen molar-refractivity contribution in [3.63, 3.8) is 0 Å². The van der Waals surface area contributed by atoms with E-state index >= 15 is 0 Å². The van der Waals surface area contributed by atoms with Crippen molar-refractivity contribution in [1.82, 2.24) is 4.90 Å². The van der Waals surface area contributed by atoms with E-state index in [4.69, 9.17) is 5.73 Å². The van der Waals surface area contributed by atoms with Crippen LogP contribution in [0.3, 0.4) is 0 Å². The van der Waals surface area contributed by atoms with Gasteiger partial charge in [0.1, 0.15) is 6.04 Å². The van der Waals surface area contributed by atoms with Crippen molar-refractivity contribution in [2.45, 2.75) is 37.8 Å². The molecule has 2 saturated heterocycles. The quantitative estimate of drug-likeness (QED) is 0.752. The molecule has 2 aromatic carbocycles. The molecule has 7 heteroatoms. The topological polar surface area (TPSA) is 101 Å². The van der Waals surface area contributed by atoms with E-state index in [9.17, 15) is 19.2 Å². The van der Waals surface area contributed by atoms with E-state index in [-0.39, 0.29) is 11.8 Å². The smallest absolute Gasteiger partial charge is 0.241 e. The van der Waals surface area contributed by atoms with Crippen LogP contribution in [0.4, 0.5) is 5.69 Å². The molecular formula is C25H25N3O4. The van der Waals surface area contributed by atoms with Crippen LogP contribution < -0.4 is 10.6 Å². The van der Waals surface area contributed by atoms with Gasteiger partial charge in [0.05, 0.1) is 23.6 Å². The van der Waals surface area contributed by atoms with Gasteiger partial charge < -0.3 is 10.6 Å². The van der Waals surface area contributed by atoms with E-state index in [0.717, 1.165) is 36.1 Å². The summed E-state index contributed by atoms with van der Waals surface area (Å²) in [6.07, 6.45) is 3.40. The first-order valence-corrected chi connectivity index (χ1v) is 11.1. The largest absolute Gasteiger partial charge is 0.368 e. The van der Waals surface area contributed by atoms with Gasteiger partial charge in [0.25, 0.3) is 0 Å². The Hall–Kier alpha value is -3.48. The SMILES string of the molecule is NC(=O)C1C2C(=O)N(c3ccccc3)C(=O)C2C(c2ccccc2)N1C(=O)C1CCCC1. The first-order valence-electron chi connectivity index (χ1n) is 11.1. The van der Waals surface area contributed by atoms with Crippen molar-refractivity contribution in [2.75, 3.05) is 4.90 Å². The van der Waals surface area contributed by atoms with Crippen LogP contribution in [0.25, 0.3) is 0 Å². The first kappa shape index (κ1) is 20.4. The molecule has 3 aliphatic rings. The van der Waals surface area contributed by atoms with Gasteiger partial charge in [-0.15, -0.1) is 0 Å². The second kappa shape index (κ2) is 7.89. The highest BCUT2D eigenvalue weighted by Crippen LogP contribution is 2.51. The molecule has 4 unspecified atom stereocenters. The van der Waals surface area contributed by atoms with Crippen LogP contribution in [0.1, 0.15) is 37.3 Å². The Balaban J connectivity index is 1.64. The van der Waals surface area contributed by atoms with Crippen LogP contribution in [0.15, 0.2) is 60.7 Å². The van der Waals surface area contributed by atoms with E-state index in [1.807, 2.05) is 30.3 Å². The number of primary amides is 1. The van der Waals surface area contributed by atoms with Crippen molar-refractivity contribution in [2.24, 2.45) is 23.5 Å². The molecular weight excluding hydrogens is 406 g/mol. The first-order chi connectivity index (χ1) is 15.5. The van der Waals surface area contributed by atoms with Crippen LogP contribution in [0.5, 0.6) is 0 Å². The van der Waals surface area contributed by atoms with E-state index in [1.54, 1.807) is 30.3 Å². The Morgan fingerprint density at radius 1 is 0.812 bits per heavy atom. The monoisotopic (exact) mass is 431 g/mol. The number of fused-ring (bicyclic) bond motifs is 1. The number of likely N-dealkylation sites (tertiary alicyclic amines) is 1. The number of nitrogens with zero attached hydrogens (tertiary/aromatic N) is 2. The number of amides is 4. The summed E-state index contributed by atoms with van der Waals surface area (Å²) >= 11 is 0. The summed E-state index contributed by atoms with van der Waals surface area (Å²) < 4.78 is 0. The summed E-state index contributed by atoms with van der Waals surface area (Å²) in [5, 5.41) is 0. The number of hydrogen-bond acceptors (Lipinski definition) is 4. The minimum atomic E-state index is -1.15. The second-order valence-corrected chi connectivity index (χ2v) is 8.83. The van der Waals surface area contributed by atoms with Crippen LogP contribution in [-0.4, -0.2) is 34.6 Å². The zero-order valence-electron chi connectivity index (χ0n) is 17.6. The second-order valence-electron chi connectivity index (χ2n) is 8.83. The average molecular weight is 431 g/mol. The molecule has 1 saturated carbocycles. The molecule has 4 amide bonds. The number of carbonyl (C=O) groups excluding carboxylic acids is 4. The van der Waals surface area contributed by atoms with Crippen LogP contribution in [0, 0.1) is 17.8 Å². The van der Waals surface area contributed by atoms with Crippen molar-refractivity contribution in [3.05, 3.63) is 66.2 Å². The number of imide groups is 1. The van der Waals surface area contributed by atoms with E-state index in [2.05, 4.69) is 0 Å². The maximum absolute atomic E-state index is 13.7. The highest BCUT2D eigenvalue weighted by Gasteiger charge is 2.65. The minimum Gasteiger partial charge on any atom is -0.368 e. The summed E-state index contributed by atoms with van der Waals surface area (Å²) in [5.74, 6) is -3.85. The van der Waals surface area contributed by atoms with Crippen molar-refractivity contribution < 1.29 is 19.2 Å². The van der Waals surface area contributed by atoms with Crippen molar-refractivity contribution in [1.29, 1.82) is 0 Å². The molecule has 2 aromatic rings. The van der Waals surface area contributed by atoms with E-state index in [1.165, 1.54) is 4.90 Å². The number of hydrogen-bond donors (Lipinski definition) is 1. The molecule has 2 aliphatic heterocycles. The lowest BCUT2D eigenvalue weighted by Gasteiger charge is -2.34. The Kier molecular flexibility index (Phi) is 5.04. The maximum atomic E-state index is 13.7. The normalized spacial score (nSPS) is 27.8. The standard InChI is InChI=1S/C25H25N3O4/c26-22(29)21-19-18(24(31)27(25(19)32)17-13-5-2-6-14-17)20(15-9-3-1-4-10-15)28(21)23(30)16-11-7-8-12-16/h1-6,9-10,13-14,16,18-21H,7-8,11-12H2,(H2,26,29). The van der Waals surface area contributed by atoms with Gasteiger partial charge in [-0.25, -0.2) is 4.90 Å². The Bertz CT molecular complexity index is 1070. The van der Waals surface area contributed by atoms with Gasteiger partial charge in [-0.2, -0.15) is 0 Å². The predicted octanol–water partition coefficient (Wildman–Crippen LogP) is 2.42. The number of nitrogens with two attached hydrogens (primary N) is 1. The zero-order valence-corrected chi connectivity index (χ0v) is 17.6.